The molecule has 5 heteroatoms. The van der Waals surface area contributed by atoms with Crippen molar-refractivity contribution in [1.29, 1.82) is 0 Å². The van der Waals surface area contributed by atoms with Crippen LogP contribution in [0.25, 0.3) is 0 Å². The zero-order valence-corrected chi connectivity index (χ0v) is 11.8. The molecule has 0 aliphatic rings. The van der Waals surface area contributed by atoms with Crippen molar-refractivity contribution >= 4 is 11.7 Å². The van der Waals surface area contributed by atoms with Crippen molar-refractivity contribution in [1.82, 2.24) is 10.3 Å². The molecular formula is C14H22FN3O. The third kappa shape index (κ3) is 4.19. The summed E-state index contributed by atoms with van der Waals surface area (Å²) < 4.78 is 14.0. The van der Waals surface area contributed by atoms with E-state index in [9.17, 15) is 9.18 Å². The summed E-state index contributed by atoms with van der Waals surface area (Å²) in [5, 5.41) is 5.57. The average molecular weight is 267 g/mol. The van der Waals surface area contributed by atoms with Gasteiger partial charge >= 0.3 is 0 Å². The van der Waals surface area contributed by atoms with Gasteiger partial charge in [-0.25, -0.2) is 9.37 Å². The van der Waals surface area contributed by atoms with Gasteiger partial charge in [-0.2, -0.15) is 0 Å². The third-order valence-electron chi connectivity index (χ3n) is 3.18. The number of halogens is 1. The van der Waals surface area contributed by atoms with E-state index in [0.717, 1.165) is 12.8 Å². The first-order valence-corrected chi connectivity index (χ1v) is 6.80. The molecular weight excluding hydrogens is 245 g/mol. The monoisotopic (exact) mass is 267 g/mol. The summed E-state index contributed by atoms with van der Waals surface area (Å²) in [6.45, 7) is 7.14. The topological polar surface area (TPSA) is 54.0 Å². The van der Waals surface area contributed by atoms with Gasteiger partial charge < -0.3 is 10.6 Å². The maximum Gasteiger partial charge on any atom is 0.254 e. The van der Waals surface area contributed by atoms with Crippen molar-refractivity contribution in [2.45, 2.75) is 33.6 Å². The first kappa shape index (κ1) is 15.4. The molecule has 1 rings (SSSR count). The number of rotatable bonds is 7. The number of anilines is 1. The van der Waals surface area contributed by atoms with Crippen molar-refractivity contribution in [3.05, 3.63) is 23.6 Å². The third-order valence-corrected chi connectivity index (χ3v) is 3.18. The Bertz CT molecular complexity index is 419. The Hall–Kier alpha value is -1.65. The Morgan fingerprint density at radius 2 is 2.05 bits per heavy atom. The predicted octanol–water partition coefficient (Wildman–Crippen LogP) is 2.82. The van der Waals surface area contributed by atoms with Crippen LogP contribution >= 0.6 is 0 Å². The lowest BCUT2D eigenvalue weighted by Crippen LogP contribution is -2.29. The fourth-order valence-electron chi connectivity index (χ4n) is 1.82. The number of nitrogens with one attached hydrogen (secondary N) is 2. The van der Waals surface area contributed by atoms with Crippen molar-refractivity contribution < 1.29 is 9.18 Å². The number of nitrogens with zero attached hydrogens (tertiary/aromatic N) is 1. The van der Waals surface area contributed by atoms with Crippen LogP contribution in [0.2, 0.25) is 0 Å². The summed E-state index contributed by atoms with van der Waals surface area (Å²) in [7, 11) is 0. The van der Waals surface area contributed by atoms with Crippen LogP contribution in [0.4, 0.5) is 10.2 Å². The van der Waals surface area contributed by atoms with E-state index in [1.165, 1.54) is 12.3 Å². The summed E-state index contributed by atoms with van der Waals surface area (Å²) >= 11 is 0. The SMILES string of the molecule is CCNc1nccc(C(=O)NCC(CC)CC)c1F. The smallest absolute Gasteiger partial charge is 0.254 e. The quantitative estimate of drug-likeness (QED) is 0.798. The molecule has 0 saturated heterocycles. The molecule has 4 nitrogen and oxygen atoms in total. The van der Waals surface area contributed by atoms with Crippen LogP contribution in [0.5, 0.6) is 0 Å². The normalized spacial score (nSPS) is 10.6. The molecule has 1 aromatic heterocycles. The molecule has 0 aromatic carbocycles. The molecule has 0 atom stereocenters. The highest BCUT2D eigenvalue weighted by Crippen LogP contribution is 2.15. The summed E-state index contributed by atoms with van der Waals surface area (Å²) in [4.78, 5) is 15.8. The number of carbonyl (C=O) groups excluding carboxylic acids is 1. The van der Waals surface area contributed by atoms with E-state index in [-0.39, 0.29) is 17.3 Å². The molecule has 0 saturated carbocycles. The molecule has 2 N–H and O–H groups in total. The van der Waals surface area contributed by atoms with Crippen LogP contribution in [0.1, 0.15) is 44.0 Å². The molecule has 106 valence electrons. The number of amides is 1. The lowest BCUT2D eigenvalue weighted by Gasteiger charge is -2.14. The second-order valence-electron chi connectivity index (χ2n) is 4.44. The van der Waals surface area contributed by atoms with Gasteiger partial charge in [0.25, 0.3) is 5.91 Å². The standard InChI is InChI=1S/C14H22FN3O/c1-4-10(5-2)9-18-14(19)11-7-8-17-13(12(11)15)16-6-3/h7-8,10H,4-6,9H2,1-3H3,(H,16,17)(H,18,19). The molecule has 1 aromatic rings. The van der Waals surface area contributed by atoms with Crippen molar-refractivity contribution in [3.8, 4) is 0 Å². The number of hydrogen-bond acceptors (Lipinski definition) is 3. The van der Waals surface area contributed by atoms with E-state index in [1.807, 2.05) is 6.92 Å². The van der Waals surface area contributed by atoms with Gasteiger partial charge in [-0.1, -0.05) is 26.7 Å². The van der Waals surface area contributed by atoms with Gasteiger partial charge in [0.15, 0.2) is 11.6 Å². The van der Waals surface area contributed by atoms with E-state index in [1.54, 1.807) is 0 Å². The first-order chi connectivity index (χ1) is 9.13. The molecule has 0 bridgehead atoms. The minimum absolute atomic E-state index is 0.0388. The summed E-state index contributed by atoms with van der Waals surface area (Å²) in [5.74, 6) is -0.419. The van der Waals surface area contributed by atoms with Gasteiger partial charge in [-0.05, 0) is 18.9 Å². The van der Waals surface area contributed by atoms with Crippen LogP contribution in [0.3, 0.4) is 0 Å². The highest BCUT2D eigenvalue weighted by atomic mass is 19.1. The second kappa shape index (κ2) is 7.71. The Kier molecular flexibility index (Phi) is 6.25. The molecule has 0 spiro atoms. The molecule has 19 heavy (non-hydrogen) atoms. The molecule has 1 amide bonds. The van der Waals surface area contributed by atoms with Crippen LogP contribution in [0.15, 0.2) is 12.3 Å². The van der Waals surface area contributed by atoms with Gasteiger partial charge in [0.1, 0.15) is 0 Å². The van der Waals surface area contributed by atoms with Gasteiger partial charge in [0.05, 0.1) is 5.56 Å². The largest absolute Gasteiger partial charge is 0.368 e. The Balaban J connectivity index is 2.74. The van der Waals surface area contributed by atoms with Crippen molar-refractivity contribution in [3.63, 3.8) is 0 Å². The summed E-state index contributed by atoms with van der Waals surface area (Å²) in [5.41, 5.74) is 0.0388. The Labute approximate surface area is 113 Å². The van der Waals surface area contributed by atoms with Gasteiger partial charge in [0.2, 0.25) is 0 Å². The van der Waals surface area contributed by atoms with Gasteiger partial charge in [-0.15, -0.1) is 0 Å². The van der Waals surface area contributed by atoms with Gasteiger partial charge in [0, 0.05) is 19.3 Å². The molecule has 0 radical (unpaired) electrons. The molecule has 0 aliphatic heterocycles. The fraction of sp³-hybridized carbons (Fsp3) is 0.571. The molecule has 0 aliphatic carbocycles. The Morgan fingerprint density at radius 3 is 2.63 bits per heavy atom. The zero-order valence-electron chi connectivity index (χ0n) is 11.8. The van der Waals surface area contributed by atoms with Gasteiger partial charge in [-0.3, -0.25) is 4.79 Å². The van der Waals surface area contributed by atoms with E-state index in [2.05, 4.69) is 29.5 Å². The van der Waals surface area contributed by atoms with E-state index in [0.29, 0.717) is 19.0 Å². The van der Waals surface area contributed by atoms with Crippen molar-refractivity contribution in [2.24, 2.45) is 5.92 Å². The number of pyridine rings is 1. The van der Waals surface area contributed by atoms with E-state index in [4.69, 9.17) is 0 Å². The lowest BCUT2D eigenvalue weighted by atomic mass is 10.0. The van der Waals surface area contributed by atoms with Crippen LogP contribution in [0, 0.1) is 11.7 Å². The Morgan fingerprint density at radius 1 is 1.37 bits per heavy atom. The lowest BCUT2D eigenvalue weighted by molar-refractivity contribution is 0.0942. The minimum atomic E-state index is -0.591. The van der Waals surface area contributed by atoms with Crippen LogP contribution in [-0.4, -0.2) is 24.0 Å². The highest BCUT2D eigenvalue weighted by Gasteiger charge is 2.16. The summed E-state index contributed by atoms with van der Waals surface area (Å²) in [6, 6.07) is 1.40. The average Bonchev–Trinajstić information content (AvgIpc) is 2.42. The number of carbonyl (C=O) groups is 1. The zero-order chi connectivity index (χ0) is 14.3. The highest BCUT2D eigenvalue weighted by molar-refractivity contribution is 5.95. The van der Waals surface area contributed by atoms with Crippen LogP contribution in [-0.2, 0) is 0 Å². The first-order valence-electron chi connectivity index (χ1n) is 6.80. The van der Waals surface area contributed by atoms with E-state index < -0.39 is 5.82 Å². The molecule has 0 fully saturated rings. The molecule has 0 unspecified atom stereocenters. The predicted molar refractivity (Wildman–Crippen MR) is 74.8 cm³/mol. The number of hydrogen-bond donors (Lipinski definition) is 2. The second-order valence-corrected chi connectivity index (χ2v) is 4.44. The van der Waals surface area contributed by atoms with Crippen molar-refractivity contribution in [2.75, 3.05) is 18.4 Å². The summed E-state index contributed by atoms with van der Waals surface area (Å²) in [6.07, 6.45) is 3.43. The van der Waals surface area contributed by atoms with E-state index >= 15 is 0 Å². The minimum Gasteiger partial charge on any atom is -0.368 e. The maximum atomic E-state index is 14.0. The fourth-order valence-corrected chi connectivity index (χ4v) is 1.82. The maximum absolute atomic E-state index is 14.0. The van der Waals surface area contributed by atoms with Crippen LogP contribution < -0.4 is 10.6 Å². The molecule has 1 heterocycles. The number of aromatic nitrogens is 1.